The predicted octanol–water partition coefficient (Wildman–Crippen LogP) is 1.88. The number of aromatic nitrogens is 2. The zero-order valence-corrected chi connectivity index (χ0v) is 12.5. The smallest absolute Gasteiger partial charge is 0.234 e. The van der Waals surface area contributed by atoms with Crippen LogP contribution in [-0.4, -0.2) is 28.3 Å². The van der Waals surface area contributed by atoms with Crippen LogP contribution in [0.25, 0.3) is 5.69 Å². The Hall–Kier alpha value is -2.14. The highest BCUT2D eigenvalue weighted by molar-refractivity contribution is 5.78. The molecule has 1 aromatic carbocycles. The maximum atomic E-state index is 11.8. The number of rotatable bonds is 7. The number of carbonyl (C=O) groups excluding carboxylic acids is 1. The molecule has 0 fully saturated rings. The summed E-state index contributed by atoms with van der Waals surface area (Å²) in [6.07, 6.45) is 4.64. The maximum absolute atomic E-state index is 11.8. The van der Waals surface area contributed by atoms with Crippen molar-refractivity contribution in [2.24, 2.45) is 0 Å². The molecule has 2 rings (SSSR count). The first-order valence-corrected chi connectivity index (χ1v) is 7.28. The first kappa shape index (κ1) is 15.3. The lowest BCUT2D eigenvalue weighted by Crippen LogP contribution is -2.37. The molecule has 21 heavy (non-hydrogen) atoms. The molecule has 0 saturated heterocycles. The zero-order valence-electron chi connectivity index (χ0n) is 12.5. The molecule has 0 spiro atoms. The molecule has 5 nitrogen and oxygen atoms in total. The SMILES string of the molecule is CCC(C)NCC(=O)NCc1ccccc1-n1cccn1. The molecular formula is C16H22N4O. The summed E-state index contributed by atoms with van der Waals surface area (Å²) in [4.78, 5) is 11.8. The van der Waals surface area contributed by atoms with Gasteiger partial charge in [0.1, 0.15) is 0 Å². The molecule has 1 aromatic heterocycles. The van der Waals surface area contributed by atoms with Crippen molar-refractivity contribution in [1.82, 2.24) is 20.4 Å². The average Bonchev–Trinajstić information content (AvgIpc) is 3.05. The molecule has 0 radical (unpaired) electrons. The summed E-state index contributed by atoms with van der Waals surface area (Å²) in [5.74, 6) is 0.00516. The van der Waals surface area contributed by atoms with E-state index < -0.39 is 0 Å². The van der Waals surface area contributed by atoms with Crippen molar-refractivity contribution in [3.8, 4) is 5.69 Å². The Labute approximate surface area is 125 Å². The molecule has 1 unspecified atom stereocenters. The third-order valence-corrected chi connectivity index (χ3v) is 3.44. The Morgan fingerprint density at radius 2 is 2.14 bits per heavy atom. The van der Waals surface area contributed by atoms with E-state index in [1.165, 1.54) is 0 Å². The average molecular weight is 286 g/mol. The molecule has 0 aliphatic rings. The van der Waals surface area contributed by atoms with Crippen LogP contribution in [0.3, 0.4) is 0 Å². The summed E-state index contributed by atoms with van der Waals surface area (Å²) >= 11 is 0. The molecule has 112 valence electrons. The van der Waals surface area contributed by atoms with Crippen LogP contribution in [0.1, 0.15) is 25.8 Å². The van der Waals surface area contributed by atoms with E-state index in [-0.39, 0.29) is 5.91 Å². The number of benzene rings is 1. The number of nitrogens with one attached hydrogen (secondary N) is 2. The first-order valence-electron chi connectivity index (χ1n) is 7.28. The summed E-state index contributed by atoms with van der Waals surface area (Å²) in [6, 6.07) is 10.2. The third kappa shape index (κ3) is 4.43. The Kier molecular flexibility index (Phi) is 5.51. The van der Waals surface area contributed by atoms with Crippen LogP contribution >= 0.6 is 0 Å². The van der Waals surface area contributed by atoms with Gasteiger partial charge in [-0.3, -0.25) is 4.79 Å². The Morgan fingerprint density at radius 3 is 2.86 bits per heavy atom. The number of para-hydroxylation sites is 1. The molecule has 5 heteroatoms. The van der Waals surface area contributed by atoms with Crippen molar-refractivity contribution in [2.45, 2.75) is 32.9 Å². The fourth-order valence-electron chi connectivity index (χ4n) is 1.96. The van der Waals surface area contributed by atoms with Gasteiger partial charge in [0.05, 0.1) is 12.2 Å². The van der Waals surface area contributed by atoms with E-state index in [0.717, 1.165) is 17.7 Å². The third-order valence-electron chi connectivity index (χ3n) is 3.44. The van der Waals surface area contributed by atoms with Gasteiger partial charge in [-0.15, -0.1) is 0 Å². The van der Waals surface area contributed by atoms with E-state index in [2.05, 4.69) is 29.6 Å². The molecule has 0 aliphatic carbocycles. The molecule has 0 aliphatic heterocycles. The summed E-state index contributed by atoms with van der Waals surface area (Å²) in [6.45, 7) is 5.01. The fourth-order valence-corrected chi connectivity index (χ4v) is 1.96. The Balaban J connectivity index is 1.93. The fraction of sp³-hybridized carbons (Fsp3) is 0.375. The van der Waals surface area contributed by atoms with Crippen LogP contribution < -0.4 is 10.6 Å². The second-order valence-corrected chi connectivity index (χ2v) is 5.05. The Morgan fingerprint density at radius 1 is 1.33 bits per heavy atom. The molecule has 2 N–H and O–H groups in total. The molecule has 1 atom stereocenters. The quantitative estimate of drug-likeness (QED) is 0.817. The van der Waals surface area contributed by atoms with Gasteiger partial charge in [-0.1, -0.05) is 25.1 Å². The minimum atomic E-state index is 0.00516. The van der Waals surface area contributed by atoms with Gasteiger partial charge >= 0.3 is 0 Å². The molecule has 1 amide bonds. The second kappa shape index (κ2) is 7.59. The first-order chi connectivity index (χ1) is 10.2. The Bertz CT molecular complexity index is 565. The van der Waals surface area contributed by atoms with Gasteiger partial charge in [-0.25, -0.2) is 4.68 Å². The lowest BCUT2D eigenvalue weighted by molar-refractivity contribution is -0.120. The highest BCUT2D eigenvalue weighted by Crippen LogP contribution is 2.12. The van der Waals surface area contributed by atoms with Crippen LogP contribution in [0.2, 0.25) is 0 Å². The monoisotopic (exact) mass is 286 g/mol. The second-order valence-electron chi connectivity index (χ2n) is 5.05. The molecule has 1 heterocycles. The van der Waals surface area contributed by atoms with Gasteiger partial charge in [-0.2, -0.15) is 5.10 Å². The normalized spacial score (nSPS) is 12.1. The highest BCUT2D eigenvalue weighted by Gasteiger charge is 2.07. The van der Waals surface area contributed by atoms with Crippen LogP contribution in [-0.2, 0) is 11.3 Å². The van der Waals surface area contributed by atoms with E-state index >= 15 is 0 Å². The minimum absolute atomic E-state index is 0.00516. The standard InChI is InChI=1S/C16H22N4O/c1-3-13(2)17-12-16(21)18-11-14-7-4-5-8-15(14)20-10-6-9-19-20/h4-10,13,17H,3,11-12H2,1-2H3,(H,18,21). The van der Waals surface area contributed by atoms with Crippen LogP contribution in [0, 0.1) is 0 Å². The lowest BCUT2D eigenvalue weighted by atomic mass is 10.2. The van der Waals surface area contributed by atoms with Gasteiger partial charge < -0.3 is 10.6 Å². The van der Waals surface area contributed by atoms with E-state index in [9.17, 15) is 4.79 Å². The van der Waals surface area contributed by atoms with E-state index in [1.807, 2.05) is 36.5 Å². The van der Waals surface area contributed by atoms with Crippen LogP contribution in [0.5, 0.6) is 0 Å². The van der Waals surface area contributed by atoms with Gasteiger partial charge in [0.15, 0.2) is 0 Å². The van der Waals surface area contributed by atoms with Crippen LogP contribution in [0.15, 0.2) is 42.7 Å². The summed E-state index contributed by atoms with van der Waals surface area (Å²) in [5, 5.41) is 10.4. The summed E-state index contributed by atoms with van der Waals surface area (Å²) in [5.41, 5.74) is 2.02. The molecule has 0 bridgehead atoms. The number of hydrogen-bond acceptors (Lipinski definition) is 3. The summed E-state index contributed by atoms with van der Waals surface area (Å²) in [7, 11) is 0. The number of nitrogens with zero attached hydrogens (tertiary/aromatic N) is 2. The van der Waals surface area contributed by atoms with E-state index in [1.54, 1.807) is 10.9 Å². The lowest BCUT2D eigenvalue weighted by Gasteiger charge is -2.13. The largest absolute Gasteiger partial charge is 0.351 e. The summed E-state index contributed by atoms with van der Waals surface area (Å²) < 4.78 is 1.80. The minimum Gasteiger partial charge on any atom is -0.351 e. The topological polar surface area (TPSA) is 59.0 Å². The van der Waals surface area contributed by atoms with Crippen molar-refractivity contribution >= 4 is 5.91 Å². The van der Waals surface area contributed by atoms with Crippen molar-refractivity contribution in [2.75, 3.05) is 6.54 Å². The van der Waals surface area contributed by atoms with Gasteiger partial charge in [0, 0.05) is 25.0 Å². The maximum Gasteiger partial charge on any atom is 0.234 e. The van der Waals surface area contributed by atoms with Crippen molar-refractivity contribution in [3.05, 3.63) is 48.3 Å². The van der Waals surface area contributed by atoms with Crippen molar-refractivity contribution in [3.63, 3.8) is 0 Å². The number of hydrogen-bond donors (Lipinski definition) is 2. The highest BCUT2D eigenvalue weighted by atomic mass is 16.1. The van der Waals surface area contributed by atoms with E-state index in [4.69, 9.17) is 0 Å². The van der Waals surface area contributed by atoms with Crippen LogP contribution in [0.4, 0.5) is 0 Å². The van der Waals surface area contributed by atoms with E-state index in [0.29, 0.717) is 19.1 Å². The predicted molar refractivity (Wildman–Crippen MR) is 83.2 cm³/mol. The molecule has 0 saturated carbocycles. The molecular weight excluding hydrogens is 264 g/mol. The number of carbonyl (C=O) groups is 1. The van der Waals surface area contributed by atoms with Gasteiger partial charge in [0.2, 0.25) is 5.91 Å². The van der Waals surface area contributed by atoms with Crippen molar-refractivity contribution in [1.29, 1.82) is 0 Å². The molecule has 2 aromatic rings. The zero-order chi connectivity index (χ0) is 15.1. The number of amides is 1. The van der Waals surface area contributed by atoms with Gasteiger partial charge in [0.25, 0.3) is 0 Å². The van der Waals surface area contributed by atoms with Gasteiger partial charge in [-0.05, 0) is 31.0 Å². The van der Waals surface area contributed by atoms with Crippen molar-refractivity contribution < 1.29 is 4.79 Å².